The molecule has 2 rings (SSSR count). The van der Waals surface area contributed by atoms with Gasteiger partial charge in [0.25, 0.3) is 9.70 Å². The second-order valence-electron chi connectivity index (χ2n) is 4.11. The van der Waals surface area contributed by atoms with Crippen LogP contribution in [-0.4, -0.2) is 14.7 Å². The van der Waals surface area contributed by atoms with Gasteiger partial charge >= 0.3 is 0 Å². The van der Waals surface area contributed by atoms with E-state index in [0.29, 0.717) is 5.75 Å². The maximum absolute atomic E-state index is 13.9. The van der Waals surface area contributed by atoms with E-state index in [2.05, 4.69) is 10.3 Å². The fourth-order valence-electron chi connectivity index (χ4n) is 1.48. The molecule has 0 radical (unpaired) electrons. The molecule has 0 aliphatic heterocycles. The number of nitrogens with two attached hydrogens (primary N) is 1. The van der Waals surface area contributed by atoms with Gasteiger partial charge in [-0.15, -0.1) is 0 Å². The fraction of sp³-hybridized carbons (Fsp3) is 0.0769. The lowest BCUT2D eigenvalue weighted by atomic mass is 10.3. The Bertz CT molecular complexity index is 707. The average Bonchev–Trinajstić information content (AvgIpc) is 2.40. The summed E-state index contributed by atoms with van der Waals surface area (Å²) in [5.41, 5.74) is 5.37. The Balaban J connectivity index is 2.14. The molecule has 0 saturated heterocycles. The smallest absolute Gasteiger partial charge is 0.276 e. The summed E-state index contributed by atoms with van der Waals surface area (Å²) in [5.74, 6) is -0.849. The summed E-state index contributed by atoms with van der Waals surface area (Å²) in [4.78, 5) is 15.3. The Hall–Kier alpha value is -1.76. The first-order valence-corrected chi connectivity index (χ1v) is 6.96. The summed E-state index contributed by atoms with van der Waals surface area (Å²) in [6.07, 6.45) is 1.45. The molecule has 0 aliphatic rings. The van der Waals surface area contributed by atoms with E-state index in [1.165, 1.54) is 24.4 Å². The number of amides is 1. The molecule has 116 valence electrons. The Morgan fingerprint density at radius 2 is 1.91 bits per heavy atom. The standard InChI is InChI=1S/C13H9Cl3FN3O2/c14-13(15,16)12(21)20-10-2-1-7(5-9(10)17)22-8-3-4-19-11(18)6-8/h1-6H,(H2,18,19)(H,20,21). The number of anilines is 2. The normalized spacial score (nSPS) is 11.1. The van der Waals surface area contributed by atoms with Gasteiger partial charge in [-0.3, -0.25) is 4.79 Å². The third kappa shape index (κ3) is 4.37. The zero-order chi connectivity index (χ0) is 16.3. The predicted octanol–water partition coefficient (Wildman–Crippen LogP) is 3.90. The van der Waals surface area contributed by atoms with Gasteiger partial charge in [0.15, 0.2) is 0 Å². The summed E-state index contributed by atoms with van der Waals surface area (Å²) in [6.45, 7) is 0. The minimum absolute atomic E-state index is 0.141. The van der Waals surface area contributed by atoms with Crippen molar-refractivity contribution in [2.75, 3.05) is 11.1 Å². The Kier molecular flexibility index (Phi) is 4.95. The van der Waals surface area contributed by atoms with Crippen molar-refractivity contribution < 1.29 is 13.9 Å². The zero-order valence-electron chi connectivity index (χ0n) is 10.8. The molecule has 1 aromatic heterocycles. The lowest BCUT2D eigenvalue weighted by Gasteiger charge is -2.13. The molecule has 3 N–H and O–H groups in total. The number of ether oxygens (including phenoxy) is 1. The number of hydrogen-bond donors (Lipinski definition) is 2. The third-order valence-electron chi connectivity index (χ3n) is 2.43. The molecule has 0 spiro atoms. The minimum Gasteiger partial charge on any atom is -0.457 e. The monoisotopic (exact) mass is 363 g/mol. The molecule has 9 heteroatoms. The number of nitrogens with one attached hydrogen (secondary N) is 1. The van der Waals surface area contributed by atoms with Crippen molar-refractivity contribution in [1.29, 1.82) is 0 Å². The van der Waals surface area contributed by atoms with Crippen LogP contribution in [0.25, 0.3) is 0 Å². The number of aromatic nitrogens is 1. The molecule has 22 heavy (non-hydrogen) atoms. The van der Waals surface area contributed by atoms with E-state index in [9.17, 15) is 9.18 Å². The number of nitrogens with zero attached hydrogens (tertiary/aromatic N) is 1. The first kappa shape index (κ1) is 16.6. The zero-order valence-corrected chi connectivity index (χ0v) is 13.1. The van der Waals surface area contributed by atoms with Gasteiger partial charge in [0.05, 0.1) is 5.69 Å². The maximum Gasteiger partial charge on any atom is 0.276 e. The molecule has 0 bridgehead atoms. The van der Waals surface area contributed by atoms with Crippen LogP contribution < -0.4 is 15.8 Å². The van der Waals surface area contributed by atoms with Crippen LogP contribution in [0.1, 0.15) is 0 Å². The number of pyridine rings is 1. The molecular weight excluding hydrogens is 356 g/mol. The van der Waals surface area contributed by atoms with Gasteiger partial charge in [-0.25, -0.2) is 9.37 Å². The van der Waals surface area contributed by atoms with Crippen LogP contribution in [0.2, 0.25) is 0 Å². The first-order chi connectivity index (χ1) is 10.3. The molecule has 0 aliphatic carbocycles. The molecule has 2 aromatic rings. The van der Waals surface area contributed by atoms with Crippen molar-refractivity contribution in [3.63, 3.8) is 0 Å². The Labute approximate surface area is 140 Å². The quantitative estimate of drug-likeness (QED) is 0.810. The second kappa shape index (κ2) is 6.56. The van der Waals surface area contributed by atoms with Crippen molar-refractivity contribution in [2.24, 2.45) is 0 Å². The average molecular weight is 365 g/mol. The number of alkyl halides is 3. The van der Waals surface area contributed by atoms with Crippen molar-refractivity contribution >= 4 is 52.2 Å². The molecule has 1 aromatic carbocycles. The van der Waals surface area contributed by atoms with E-state index in [-0.39, 0.29) is 17.3 Å². The van der Waals surface area contributed by atoms with E-state index in [0.717, 1.165) is 6.07 Å². The molecule has 0 unspecified atom stereocenters. The lowest BCUT2D eigenvalue weighted by molar-refractivity contribution is -0.115. The number of halogens is 4. The van der Waals surface area contributed by atoms with Crippen LogP contribution in [0.3, 0.4) is 0 Å². The van der Waals surface area contributed by atoms with Gasteiger partial charge in [-0.1, -0.05) is 34.8 Å². The number of carbonyl (C=O) groups is 1. The van der Waals surface area contributed by atoms with Gasteiger partial charge in [-0.05, 0) is 18.2 Å². The number of nitrogen functional groups attached to an aromatic ring is 1. The van der Waals surface area contributed by atoms with Crippen LogP contribution >= 0.6 is 34.8 Å². The number of benzene rings is 1. The minimum atomic E-state index is -2.18. The second-order valence-corrected chi connectivity index (χ2v) is 6.39. The summed E-state index contributed by atoms with van der Waals surface area (Å²) in [7, 11) is 0. The maximum atomic E-state index is 13.9. The highest BCUT2D eigenvalue weighted by Crippen LogP contribution is 2.30. The van der Waals surface area contributed by atoms with Crippen LogP contribution in [0.4, 0.5) is 15.9 Å². The SMILES string of the molecule is Nc1cc(Oc2ccc(NC(=O)C(Cl)(Cl)Cl)c(F)c2)ccn1. The fourth-order valence-corrected chi connectivity index (χ4v) is 1.62. The topological polar surface area (TPSA) is 77.2 Å². The number of carbonyl (C=O) groups excluding carboxylic acids is 1. The van der Waals surface area contributed by atoms with Gasteiger partial charge in [-0.2, -0.15) is 0 Å². The third-order valence-corrected chi connectivity index (χ3v) is 2.95. The van der Waals surface area contributed by atoms with Crippen molar-refractivity contribution in [2.45, 2.75) is 3.79 Å². The summed E-state index contributed by atoms with van der Waals surface area (Å²) in [5, 5.41) is 2.16. The molecule has 1 amide bonds. The lowest BCUT2D eigenvalue weighted by Crippen LogP contribution is -2.27. The van der Waals surface area contributed by atoms with Crippen molar-refractivity contribution in [3.05, 3.63) is 42.3 Å². The van der Waals surface area contributed by atoms with Crippen LogP contribution in [0.5, 0.6) is 11.5 Å². The van der Waals surface area contributed by atoms with E-state index in [1.807, 2.05) is 0 Å². The Morgan fingerprint density at radius 1 is 1.23 bits per heavy atom. The first-order valence-electron chi connectivity index (χ1n) is 5.83. The summed E-state index contributed by atoms with van der Waals surface area (Å²) >= 11 is 16.2. The van der Waals surface area contributed by atoms with Crippen LogP contribution in [0.15, 0.2) is 36.5 Å². The molecule has 0 fully saturated rings. The molecular formula is C13H9Cl3FN3O2. The van der Waals surface area contributed by atoms with E-state index in [1.54, 1.807) is 6.07 Å². The highest BCUT2D eigenvalue weighted by atomic mass is 35.6. The van der Waals surface area contributed by atoms with Gasteiger partial charge in [0.2, 0.25) is 0 Å². The van der Waals surface area contributed by atoms with E-state index < -0.39 is 15.5 Å². The predicted molar refractivity (Wildman–Crippen MR) is 84.0 cm³/mol. The van der Waals surface area contributed by atoms with Gasteiger partial charge in [0, 0.05) is 18.3 Å². The number of hydrogen-bond acceptors (Lipinski definition) is 4. The highest BCUT2D eigenvalue weighted by molar-refractivity contribution is 6.76. The molecule has 0 atom stereocenters. The van der Waals surface area contributed by atoms with Crippen molar-refractivity contribution in [3.8, 4) is 11.5 Å². The van der Waals surface area contributed by atoms with E-state index >= 15 is 0 Å². The van der Waals surface area contributed by atoms with Crippen LogP contribution in [0, 0.1) is 5.82 Å². The molecule has 5 nitrogen and oxygen atoms in total. The van der Waals surface area contributed by atoms with E-state index in [4.69, 9.17) is 45.3 Å². The molecule has 0 saturated carbocycles. The highest BCUT2D eigenvalue weighted by Gasteiger charge is 2.31. The van der Waals surface area contributed by atoms with Crippen molar-refractivity contribution in [1.82, 2.24) is 4.98 Å². The summed E-state index contributed by atoms with van der Waals surface area (Å²) in [6, 6.07) is 6.84. The van der Waals surface area contributed by atoms with Crippen LogP contribution in [-0.2, 0) is 4.79 Å². The Morgan fingerprint density at radius 3 is 2.50 bits per heavy atom. The number of rotatable bonds is 3. The largest absolute Gasteiger partial charge is 0.457 e. The van der Waals surface area contributed by atoms with Gasteiger partial charge < -0.3 is 15.8 Å². The molecule has 1 heterocycles. The summed E-state index contributed by atoms with van der Waals surface area (Å²) < 4.78 is 17.2. The van der Waals surface area contributed by atoms with Gasteiger partial charge in [0.1, 0.15) is 23.1 Å².